The van der Waals surface area contributed by atoms with Crippen molar-refractivity contribution < 1.29 is 4.39 Å². The molecule has 3 heteroatoms. The summed E-state index contributed by atoms with van der Waals surface area (Å²) in [4.78, 5) is 2.36. The molecule has 1 N–H and O–H groups in total. The zero-order chi connectivity index (χ0) is 13.3. The van der Waals surface area contributed by atoms with Crippen molar-refractivity contribution in [2.75, 3.05) is 18.0 Å². The Balaban J connectivity index is 2.36. The van der Waals surface area contributed by atoms with Crippen LogP contribution in [-0.4, -0.2) is 24.7 Å². The van der Waals surface area contributed by atoms with Gasteiger partial charge in [-0.25, -0.2) is 4.39 Å². The van der Waals surface area contributed by atoms with Crippen LogP contribution in [0.15, 0.2) is 18.2 Å². The minimum absolute atomic E-state index is 0.0738. The molecule has 100 valence electrons. The van der Waals surface area contributed by atoms with E-state index in [-0.39, 0.29) is 11.4 Å². The lowest BCUT2D eigenvalue weighted by atomic mass is 9.96. The highest BCUT2D eigenvalue weighted by atomic mass is 19.1. The van der Waals surface area contributed by atoms with Crippen molar-refractivity contribution >= 4 is 5.69 Å². The molecule has 1 aliphatic heterocycles. The number of halogens is 1. The smallest absolute Gasteiger partial charge is 0.128 e. The van der Waals surface area contributed by atoms with Gasteiger partial charge in [-0.2, -0.15) is 0 Å². The molecule has 1 atom stereocenters. The maximum absolute atomic E-state index is 13.7. The van der Waals surface area contributed by atoms with Crippen molar-refractivity contribution in [3.05, 3.63) is 29.6 Å². The van der Waals surface area contributed by atoms with Crippen molar-refractivity contribution in [2.45, 2.75) is 45.7 Å². The van der Waals surface area contributed by atoms with Crippen molar-refractivity contribution in [3.63, 3.8) is 0 Å². The van der Waals surface area contributed by atoms with E-state index < -0.39 is 0 Å². The highest BCUT2D eigenvalue weighted by Crippen LogP contribution is 2.28. The van der Waals surface area contributed by atoms with Crippen LogP contribution in [0.4, 0.5) is 10.1 Å². The van der Waals surface area contributed by atoms with Crippen LogP contribution >= 0.6 is 0 Å². The second kappa shape index (κ2) is 4.88. The molecule has 2 nitrogen and oxygen atoms in total. The monoisotopic (exact) mass is 250 g/mol. The van der Waals surface area contributed by atoms with Crippen molar-refractivity contribution in [3.8, 4) is 0 Å². The van der Waals surface area contributed by atoms with E-state index >= 15 is 0 Å². The van der Waals surface area contributed by atoms with Gasteiger partial charge in [0.05, 0.1) is 0 Å². The lowest BCUT2D eigenvalue weighted by Crippen LogP contribution is -2.61. The molecule has 0 amide bonds. The number of nitrogens with zero attached hydrogens (tertiary/aromatic N) is 1. The summed E-state index contributed by atoms with van der Waals surface area (Å²) >= 11 is 0. The van der Waals surface area contributed by atoms with E-state index in [0.29, 0.717) is 6.04 Å². The number of benzene rings is 1. The van der Waals surface area contributed by atoms with E-state index in [2.05, 4.69) is 31.0 Å². The first-order chi connectivity index (χ1) is 8.44. The second-order valence-electron chi connectivity index (χ2n) is 5.84. The SMILES string of the molecule is CCC1CNC(C)(C)CN1c1cccc(F)c1C. The highest BCUT2D eigenvalue weighted by molar-refractivity contribution is 5.55. The van der Waals surface area contributed by atoms with E-state index in [4.69, 9.17) is 0 Å². The maximum atomic E-state index is 13.7. The molecule has 0 aromatic heterocycles. The second-order valence-corrected chi connectivity index (χ2v) is 5.84. The van der Waals surface area contributed by atoms with Gasteiger partial charge >= 0.3 is 0 Å². The van der Waals surface area contributed by atoms with Crippen LogP contribution in [0, 0.1) is 12.7 Å². The standard InChI is InChI=1S/C15H23FN2/c1-5-12-9-17-15(3,4)10-18(12)14-8-6-7-13(16)11(14)2/h6-8,12,17H,5,9-10H2,1-4H3. The topological polar surface area (TPSA) is 15.3 Å². The quantitative estimate of drug-likeness (QED) is 0.867. The zero-order valence-electron chi connectivity index (χ0n) is 11.8. The third-order valence-electron chi connectivity index (χ3n) is 3.84. The first-order valence-electron chi connectivity index (χ1n) is 6.71. The minimum Gasteiger partial charge on any atom is -0.365 e. The number of rotatable bonds is 2. The van der Waals surface area contributed by atoms with Gasteiger partial charge in [-0.3, -0.25) is 0 Å². The molecule has 1 fully saturated rings. The molecule has 0 radical (unpaired) electrons. The van der Waals surface area contributed by atoms with Gasteiger partial charge in [-0.1, -0.05) is 13.0 Å². The summed E-state index contributed by atoms with van der Waals surface area (Å²) in [5, 5.41) is 3.56. The molecule has 18 heavy (non-hydrogen) atoms. The Morgan fingerprint density at radius 1 is 1.44 bits per heavy atom. The average molecular weight is 250 g/mol. The predicted octanol–water partition coefficient (Wildman–Crippen LogP) is 3.10. The van der Waals surface area contributed by atoms with Crippen molar-refractivity contribution in [2.24, 2.45) is 0 Å². The maximum Gasteiger partial charge on any atom is 0.128 e. The molecule has 1 aromatic rings. The van der Waals surface area contributed by atoms with Gasteiger partial charge in [0.2, 0.25) is 0 Å². The van der Waals surface area contributed by atoms with Crippen LogP contribution in [0.25, 0.3) is 0 Å². The summed E-state index contributed by atoms with van der Waals surface area (Å²) < 4.78 is 13.7. The summed E-state index contributed by atoms with van der Waals surface area (Å²) in [6.07, 6.45) is 1.07. The summed E-state index contributed by atoms with van der Waals surface area (Å²) in [6.45, 7) is 10.3. The van der Waals surface area contributed by atoms with E-state index in [0.717, 1.165) is 30.8 Å². The lowest BCUT2D eigenvalue weighted by Gasteiger charge is -2.46. The van der Waals surface area contributed by atoms with Crippen LogP contribution in [0.3, 0.4) is 0 Å². The summed E-state index contributed by atoms with van der Waals surface area (Å²) in [6, 6.07) is 5.81. The first-order valence-corrected chi connectivity index (χ1v) is 6.71. The Morgan fingerprint density at radius 2 is 2.17 bits per heavy atom. The Labute approximate surface area is 109 Å². The van der Waals surface area contributed by atoms with Crippen molar-refractivity contribution in [1.82, 2.24) is 5.32 Å². The molecular weight excluding hydrogens is 227 g/mol. The minimum atomic E-state index is -0.112. The molecule has 1 saturated heterocycles. The molecule has 0 aliphatic carbocycles. The third-order valence-corrected chi connectivity index (χ3v) is 3.84. The number of hydrogen-bond acceptors (Lipinski definition) is 2. The summed E-state index contributed by atoms with van der Waals surface area (Å²) in [5.74, 6) is -0.112. The fourth-order valence-corrected chi connectivity index (χ4v) is 2.67. The van der Waals surface area contributed by atoms with Crippen LogP contribution in [0.2, 0.25) is 0 Å². The normalized spacial score (nSPS) is 23.2. The van der Waals surface area contributed by atoms with Gasteiger partial charge in [0.15, 0.2) is 0 Å². The molecular formula is C15H23FN2. The van der Waals surface area contributed by atoms with Gasteiger partial charge in [-0.15, -0.1) is 0 Å². The Hall–Kier alpha value is -1.09. The Bertz CT molecular complexity index is 429. The molecule has 0 saturated carbocycles. The largest absolute Gasteiger partial charge is 0.365 e. The molecule has 2 rings (SSSR count). The van der Waals surface area contributed by atoms with Gasteiger partial charge in [0.25, 0.3) is 0 Å². The van der Waals surface area contributed by atoms with Crippen LogP contribution in [0.1, 0.15) is 32.8 Å². The first kappa shape index (κ1) is 13.3. The summed E-state index contributed by atoms with van der Waals surface area (Å²) in [7, 11) is 0. The summed E-state index contributed by atoms with van der Waals surface area (Å²) in [5.41, 5.74) is 1.87. The molecule has 0 bridgehead atoms. The van der Waals surface area contributed by atoms with E-state index in [1.165, 1.54) is 6.07 Å². The molecule has 1 heterocycles. The molecule has 0 spiro atoms. The molecule has 1 aromatic carbocycles. The van der Waals surface area contributed by atoms with Crippen LogP contribution < -0.4 is 10.2 Å². The number of nitrogens with one attached hydrogen (secondary N) is 1. The fraction of sp³-hybridized carbons (Fsp3) is 0.600. The zero-order valence-corrected chi connectivity index (χ0v) is 11.8. The number of hydrogen-bond donors (Lipinski definition) is 1. The third kappa shape index (κ3) is 2.51. The van der Waals surface area contributed by atoms with Gasteiger partial charge < -0.3 is 10.2 Å². The Morgan fingerprint density at radius 3 is 2.83 bits per heavy atom. The average Bonchev–Trinajstić information content (AvgIpc) is 2.32. The lowest BCUT2D eigenvalue weighted by molar-refractivity contribution is 0.306. The van der Waals surface area contributed by atoms with E-state index in [9.17, 15) is 4.39 Å². The predicted molar refractivity (Wildman–Crippen MR) is 74.6 cm³/mol. The van der Waals surface area contributed by atoms with Gasteiger partial charge in [0.1, 0.15) is 5.82 Å². The van der Waals surface area contributed by atoms with Crippen LogP contribution in [0.5, 0.6) is 0 Å². The van der Waals surface area contributed by atoms with Crippen LogP contribution in [-0.2, 0) is 0 Å². The van der Waals surface area contributed by atoms with E-state index in [1.807, 2.05) is 13.0 Å². The van der Waals surface area contributed by atoms with Crippen molar-refractivity contribution in [1.29, 1.82) is 0 Å². The fourth-order valence-electron chi connectivity index (χ4n) is 2.67. The van der Waals surface area contributed by atoms with Gasteiger partial charge in [0, 0.05) is 35.9 Å². The number of anilines is 1. The van der Waals surface area contributed by atoms with E-state index in [1.54, 1.807) is 6.07 Å². The highest BCUT2D eigenvalue weighted by Gasteiger charge is 2.32. The van der Waals surface area contributed by atoms with Gasteiger partial charge in [-0.05, 0) is 39.3 Å². The molecule has 1 aliphatic rings. The number of piperazine rings is 1. The Kier molecular flexibility index (Phi) is 3.62. The molecule has 1 unspecified atom stereocenters.